The highest BCUT2D eigenvalue weighted by Gasteiger charge is 2.21. The van der Waals surface area contributed by atoms with Crippen molar-refractivity contribution >= 4 is 11.9 Å². The van der Waals surface area contributed by atoms with Gasteiger partial charge in [-0.25, -0.2) is 0 Å². The average molecular weight is 288 g/mol. The molecular weight excluding hydrogens is 264 g/mol. The molecule has 1 rings (SSSR count). The molecule has 0 bridgehead atoms. The summed E-state index contributed by atoms with van der Waals surface area (Å²) in [5.41, 5.74) is 0. The Morgan fingerprint density at radius 3 is 1.45 bits per heavy atom. The highest BCUT2D eigenvalue weighted by molar-refractivity contribution is 5.66. The molecule has 1 fully saturated rings. The number of carboxylic acid groups (broad SMARTS) is 2. The first kappa shape index (κ1) is 16.9. The fraction of sp³-hybridized carbons (Fsp3) is 0.857. The van der Waals surface area contributed by atoms with Crippen molar-refractivity contribution in [1.82, 2.24) is 0 Å². The van der Waals surface area contributed by atoms with Crippen LogP contribution in [0.1, 0.15) is 38.5 Å². The van der Waals surface area contributed by atoms with Gasteiger partial charge in [-0.3, -0.25) is 9.59 Å². The highest BCUT2D eigenvalue weighted by atomic mass is 16.5. The zero-order valence-corrected chi connectivity index (χ0v) is 11.8. The molecule has 0 aromatic rings. The lowest BCUT2D eigenvalue weighted by Crippen LogP contribution is -2.22. The summed E-state index contributed by atoms with van der Waals surface area (Å²) in [5, 5.41) is 17.0. The van der Waals surface area contributed by atoms with Crippen LogP contribution in [0.3, 0.4) is 0 Å². The number of carboxylic acids is 2. The van der Waals surface area contributed by atoms with Crippen LogP contribution in [0.15, 0.2) is 0 Å². The van der Waals surface area contributed by atoms with E-state index in [4.69, 9.17) is 19.7 Å². The van der Waals surface area contributed by atoms with Crippen molar-refractivity contribution in [3.63, 3.8) is 0 Å². The van der Waals surface area contributed by atoms with E-state index in [9.17, 15) is 9.59 Å². The van der Waals surface area contributed by atoms with Gasteiger partial charge >= 0.3 is 11.9 Å². The molecule has 6 heteroatoms. The van der Waals surface area contributed by atoms with Crippen molar-refractivity contribution in [2.24, 2.45) is 11.8 Å². The number of rotatable bonds is 10. The van der Waals surface area contributed by atoms with Crippen LogP contribution in [-0.4, -0.2) is 48.6 Å². The molecule has 0 saturated heterocycles. The van der Waals surface area contributed by atoms with Crippen molar-refractivity contribution in [1.29, 1.82) is 0 Å². The Hall–Kier alpha value is -1.14. The first-order chi connectivity index (χ1) is 9.58. The molecule has 116 valence electrons. The maximum absolute atomic E-state index is 10.3. The number of hydrogen-bond donors (Lipinski definition) is 2. The molecule has 0 radical (unpaired) electrons. The Morgan fingerprint density at radius 2 is 1.15 bits per heavy atom. The van der Waals surface area contributed by atoms with Gasteiger partial charge in [0.2, 0.25) is 0 Å². The van der Waals surface area contributed by atoms with E-state index in [-0.39, 0.29) is 26.1 Å². The lowest BCUT2D eigenvalue weighted by molar-refractivity contribution is -0.139. The normalized spacial score (nSPS) is 22.6. The zero-order chi connectivity index (χ0) is 14.8. The summed E-state index contributed by atoms with van der Waals surface area (Å²) in [7, 11) is 0. The van der Waals surface area contributed by atoms with Crippen molar-refractivity contribution in [3.8, 4) is 0 Å². The second-order valence-corrected chi connectivity index (χ2v) is 5.32. The standard InChI is InChI=1S/C14H24O6/c15-13(16)5-7-19-9-11-1-2-12(4-3-11)10-20-8-6-14(17)18/h11-12H,1-10H2,(H,15,16)(H,17,18). The molecule has 1 saturated carbocycles. The molecule has 0 aromatic heterocycles. The highest BCUT2D eigenvalue weighted by Crippen LogP contribution is 2.29. The predicted octanol–water partition coefficient (Wildman–Crippen LogP) is 1.78. The van der Waals surface area contributed by atoms with E-state index in [1.54, 1.807) is 0 Å². The van der Waals surface area contributed by atoms with Gasteiger partial charge in [0.25, 0.3) is 0 Å². The summed E-state index contributed by atoms with van der Waals surface area (Å²) in [6.45, 7) is 1.85. The second-order valence-electron chi connectivity index (χ2n) is 5.32. The Labute approximate surface area is 119 Å². The van der Waals surface area contributed by atoms with E-state index in [0.29, 0.717) is 25.0 Å². The van der Waals surface area contributed by atoms with E-state index in [1.807, 2.05) is 0 Å². The maximum atomic E-state index is 10.3. The molecule has 1 aliphatic carbocycles. The molecule has 0 amide bonds. The number of hydrogen-bond acceptors (Lipinski definition) is 4. The van der Waals surface area contributed by atoms with Gasteiger partial charge in [0.05, 0.1) is 26.1 Å². The van der Waals surface area contributed by atoms with E-state index < -0.39 is 11.9 Å². The SMILES string of the molecule is O=C(O)CCOCC1CCC(COCCC(=O)O)CC1. The van der Waals surface area contributed by atoms with E-state index in [1.165, 1.54) is 0 Å². The third-order valence-electron chi connectivity index (χ3n) is 3.59. The molecule has 2 N–H and O–H groups in total. The van der Waals surface area contributed by atoms with Gasteiger partial charge in [-0.2, -0.15) is 0 Å². The molecule has 0 aromatic carbocycles. The molecule has 20 heavy (non-hydrogen) atoms. The lowest BCUT2D eigenvalue weighted by Gasteiger charge is -2.28. The molecular formula is C14H24O6. The second kappa shape index (κ2) is 9.72. The van der Waals surface area contributed by atoms with Crippen LogP contribution in [0, 0.1) is 11.8 Å². The summed E-state index contributed by atoms with van der Waals surface area (Å²) in [4.78, 5) is 20.7. The molecule has 0 spiro atoms. The van der Waals surface area contributed by atoms with Crippen molar-refractivity contribution in [3.05, 3.63) is 0 Å². The molecule has 0 unspecified atom stereocenters. The first-order valence-corrected chi connectivity index (χ1v) is 7.17. The van der Waals surface area contributed by atoms with Gasteiger partial charge in [0.1, 0.15) is 0 Å². The van der Waals surface area contributed by atoms with E-state index in [2.05, 4.69) is 0 Å². The molecule has 0 heterocycles. The first-order valence-electron chi connectivity index (χ1n) is 7.17. The fourth-order valence-corrected chi connectivity index (χ4v) is 2.38. The van der Waals surface area contributed by atoms with E-state index >= 15 is 0 Å². The Kier molecular flexibility index (Phi) is 8.22. The monoisotopic (exact) mass is 288 g/mol. The Bertz CT molecular complexity index is 266. The smallest absolute Gasteiger partial charge is 0.305 e. The molecule has 0 aliphatic heterocycles. The lowest BCUT2D eigenvalue weighted by atomic mass is 9.83. The van der Waals surface area contributed by atoms with Gasteiger partial charge in [-0.05, 0) is 37.5 Å². The topological polar surface area (TPSA) is 93.1 Å². The van der Waals surface area contributed by atoms with E-state index in [0.717, 1.165) is 25.7 Å². The molecule has 6 nitrogen and oxygen atoms in total. The minimum absolute atomic E-state index is 0.0623. The summed E-state index contributed by atoms with van der Waals surface area (Å²) in [6, 6.07) is 0. The summed E-state index contributed by atoms with van der Waals surface area (Å²) < 4.78 is 10.7. The van der Waals surface area contributed by atoms with Crippen LogP contribution in [0.25, 0.3) is 0 Å². The molecule has 1 aliphatic rings. The van der Waals surface area contributed by atoms with Crippen LogP contribution in [-0.2, 0) is 19.1 Å². The molecule has 0 atom stereocenters. The van der Waals surface area contributed by atoms with Crippen molar-refractivity contribution in [2.75, 3.05) is 26.4 Å². The van der Waals surface area contributed by atoms with Gasteiger partial charge in [-0.15, -0.1) is 0 Å². The largest absolute Gasteiger partial charge is 0.481 e. The van der Waals surface area contributed by atoms with Crippen LogP contribution in [0.5, 0.6) is 0 Å². The Balaban J connectivity index is 1.99. The predicted molar refractivity (Wildman–Crippen MR) is 71.6 cm³/mol. The number of ether oxygens (including phenoxy) is 2. The van der Waals surface area contributed by atoms with Gasteiger partial charge in [0, 0.05) is 13.2 Å². The summed E-state index contributed by atoms with van der Waals surface area (Å²) >= 11 is 0. The summed E-state index contributed by atoms with van der Waals surface area (Å²) in [5.74, 6) is -0.627. The Morgan fingerprint density at radius 1 is 0.800 bits per heavy atom. The summed E-state index contributed by atoms with van der Waals surface area (Å²) in [6.07, 6.45) is 4.40. The number of carbonyl (C=O) groups is 2. The fourth-order valence-electron chi connectivity index (χ4n) is 2.38. The van der Waals surface area contributed by atoms with Crippen LogP contribution >= 0.6 is 0 Å². The third kappa shape index (κ3) is 8.12. The van der Waals surface area contributed by atoms with Gasteiger partial charge in [0.15, 0.2) is 0 Å². The van der Waals surface area contributed by atoms with Crippen LogP contribution < -0.4 is 0 Å². The van der Waals surface area contributed by atoms with Gasteiger partial charge in [-0.1, -0.05) is 0 Å². The van der Waals surface area contributed by atoms with Crippen molar-refractivity contribution in [2.45, 2.75) is 38.5 Å². The number of aliphatic carboxylic acids is 2. The van der Waals surface area contributed by atoms with Crippen molar-refractivity contribution < 1.29 is 29.3 Å². The van der Waals surface area contributed by atoms with Gasteiger partial charge < -0.3 is 19.7 Å². The minimum atomic E-state index is -0.827. The van der Waals surface area contributed by atoms with Crippen LogP contribution in [0.2, 0.25) is 0 Å². The quantitative estimate of drug-likeness (QED) is 0.595. The minimum Gasteiger partial charge on any atom is -0.481 e. The average Bonchev–Trinajstić information content (AvgIpc) is 2.41. The van der Waals surface area contributed by atoms with Crippen LogP contribution in [0.4, 0.5) is 0 Å². The zero-order valence-electron chi connectivity index (χ0n) is 11.8. The maximum Gasteiger partial charge on any atom is 0.305 e. The third-order valence-corrected chi connectivity index (χ3v) is 3.59.